The smallest absolute Gasteiger partial charge is 0.426 e. The molecule has 1 unspecified atom stereocenters. The van der Waals surface area contributed by atoms with E-state index >= 15 is 0 Å². The number of nitrogens with zero attached hydrogens (tertiary/aromatic N) is 1. The molecule has 29 heavy (non-hydrogen) atoms. The number of hydrazine groups is 1. The second-order valence-electron chi connectivity index (χ2n) is 8.06. The van der Waals surface area contributed by atoms with Crippen LogP contribution in [0.15, 0.2) is 30.3 Å². The quantitative estimate of drug-likeness (QED) is 0.660. The molecule has 1 aliphatic rings. The maximum Gasteiger partial charge on any atom is 0.426 e. The van der Waals surface area contributed by atoms with Gasteiger partial charge in [-0.25, -0.2) is 15.2 Å². The Kier molecular flexibility index (Phi) is 6.84. The SMILES string of the molecule is CC(C)(C)OC(=O)NN1C(=O)CCC1(C)C(=O)NCC(=O)NCc1ccccc1. The largest absolute Gasteiger partial charge is 0.443 e. The first-order chi connectivity index (χ1) is 13.5. The van der Waals surface area contributed by atoms with Crippen molar-refractivity contribution in [3.63, 3.8) is 0 Å². The molecule has 1 saturated heterocycles. The van der Waals surface area contributed by atoms with E-state index in [9.17, 15) is 19.2 Å². The van der Waals surface area contributed by atoms with Crippen molar-refractivity contribution in [1.82, 2.24) is 21.1 Å². The molecule has 0 bridgehead atoms. The van der Waals surface area contributed by atoms with Crippen LogP contribution in [0.1, 0.15) is 46.1 Å². The average molecular weight is 404 g/mol. The highest BCUT2D eigenvalue weighted by molar-refractivity contribution is 5.96. The van der Waals surface area contributed by atoms with Crippen LogP contribution in [0.3, 0.4) is 0 Å². The number of nitrogens with one attached hydrogen (secondary N) is 3. The van der Waals surface area contributed by atoms with E-state index in [1.165, 1.54) is 6.92 Å². The number of rotatable bonds is 6. The van der Waals surface area contributed by atoms with Crippen LogP contribution in [0, 0.1) is 0 Å². The topological polar surface area (TPSA) is 117 Å². The van der Waals surface area contributed by atoms with Crippen molar-refractivity contribution < 1.29 is 23.9 Å². The number of hydrogen-bond donors (Lipinski definition) is 3. The predicted octanol–water partition coefficient (Wildman–Crippen LogP) is 1.24. The number of carbonyl (C=O) groups is 4. The molecule has 3 N–H and O–H groups in total. The van der Waals surface area contributed by atoms with Crippen molar-refractivity contribution in [2.75, 3.05) is 6.54 Å². The molecule has 158 valence electrons. The normalized spacial score (nSPS) is 18.9. The summed E-state index contributed by atoms with van der Waals surface area (Å²) in [4.78, 5) is 48.9. The first kappa shape index (κ1) is 22.2. The summed E-state index contributed by atoms with van der Waals surface area (Å²) in [5, 5.41) is 6.23. The van der Waals surface area contributed by atoms with Crippen LogP contribution in [0.4, 0.5) is 4.79 Å². The third kappa shape index (κ3) is 6.20. The molecule has 0 saturated carbocycles. The molecule has 2 rings (SSSR count). The van der Waals surface area contributed by atoms with E-state index in [-0.39, 0.29) is 25.3 Å². The molecule has 1 atom stereocenters. The molecule has 1 heterocycles. The lowest BCUT2D eigenvalue weighted by molar-refractivity contribution is -0.144. The van der Waals surface area contributed by atoms with Crippen LogP contribution >= 0.6 is 0 Å². The summed E-state index contributed by atoms with van der Waals surface area (Å²) in [6.07, 6.45) is -0.522. The fourth-order valence-corrected chi connectivity index (χ4v) is 2.85. The molecule has 1 aliphatic heterocycles. The lowest BCUT2D eigenvalue weighted by atomic mass is 9.99. The van der Waals surface area contributed by atoms with Crippen molar-refractivity contribution in [2.24, 2.45) is 0 Å². The van der Waals surface area contributed by atoms with E-state index in [0.717, 1.165) is 10.6 Å². The molecule has 0 aromatic heterocycles. The Morgan fingerprint density at radius 2 is 1.79 bits per heavy atom. The molecule has 4 amide bonds. The highest BCUT2D eigenvalue weighted by Crippen LogP contribution is 2.28. The van der Waals surface area contributed by atoms with Crippen LogP contribution in [-0.4, -0.2) is 46.5 Å². The summed E-state index contributed by atoms with van der Waals surface area (Å²) in [5.74, 6) is -1.29. The second-order valence-corrected chi connectivity index (χ2v) is 8.06. The highest BCUT2D eigenvalue weighted by atomic mass is 16.6. The maximum absolute atomic E-state index is 12.7. The van der Waals surface area contributed by atoms with Crippen LogP contribution in [0.5, 0.6) is 0 Å². The molecular weight excluding hydrogens is 376 g/mol. The van der Waals surface area contributed by atoms with Crippen molar-refractivity contribution in [3.8, 4) is 0 Å². The molecule has 0 radical (unpaired) electrons. The van der Waals surface area contributed by atoms with E-state index in [2.05, 4.69) is 16.1 Å². The molecule has 0 spiro atoms. The van der Waals surface area contributed by atoms with Gasteiger partial charge in [0.2, 0.25) is 17.7 Å². The first-order valence-electron chi connectivity index (χ1n) is 9.43. The summed E-state index contributed by atoms with van der Waals surface area (Å²) in [7, 11) is 0. The lowest BCUT2D eigenvalue weighted by Crippen LogP contribution is -2.61. The second kappa shape index (κ2) is 8.93. The van der Waals surface area contributed by atoms with E-state index in [1.807, 2.05) is 30.3 Å². The van der Waals surface area contributed by atoms with Crippen LogP contribution in [-0.2, 0) is 25.7 Å². The minimum atomic E-state index is -1.31. The monoisotopic (exact) mass is 404 g/mol. The minimum Gasteiger partial charge on any atom is -0.443 e. The minimum absolute atomic E-state index is 0.0971. The molecule has 1 aromatic carbocycles. The molecule has 1 fully saturated rings. The third-order valence-corrected chi connectivity index (χ3v) is 4.40. The Morgan fingerprint density at radius 1 is 1.14 bits per heavy atom. The van der Waals surface area contributed by atoms with Gasteiger partial charge in [0.05, 0.1) is 6.54 Å². The Labute approximate surface area is 170 Å². The Balaban J connectivity index is 1.90. The van der Waals surface area contributed by atoms with Gasteiger partial charge >= 0.3 is 6.09 Å². The first-order valence-corrected chi connectivity index (χ1v) is 9.43. The van der Waals surface area contributed by atoms with Gasteiger partial charge in [-0.3, -0.25) is 14.4 Å². The summed E-state index contributed by atoms with van der Waals surface area (Å²) < 4.78 is 5.15. The van der Waals surface area contributed by atoms with Gasteiger partial charge < -0.3 is 15.4 Å². The highest BCUT2D eigenvalue weighted by Gasteiger charge is 2.49. The van der Waals surface area contributed by atoms with Crippen LogP contribution < -0.4 is 16.1 Å². The zero-order chi connectivity index (χ0) is 21.7. The van der Waals surface area contributed by atoms with Gasteiger partial charge in [0.15, 0.2) is 0 Å². The zero-order valence-corrected chi connectivity index (χ0v) is 17.2. The van der Waals surface area contributed by atoms with Crippen LogP contribution in [0.2, 0.25) is 0 Å². The van der Waals surface area contributed by atoms with Gasteiger partial charge in [0.25, 0.3) is 0 Å². The number of ether oxygens (including phenoxy) is 1. The lowest BCUT2D eigenvalue weighted by Gasteiger charge is -2.34. The van der Waals surface area contributed by atoms with E-state index in [0.29, 0.717) is 6.54 Å². The van der Waals surface area contributed by atoms with Crippen LogP contribution in [0.25, 0.3) is 0 Å². The van der Waals surface area contributed by atoms with Crippen molar-refractivity contribution in [1.29, 1.82) is 0 Å². The molecular formula is C20H28N4O5. The Hall–Kier alpha value is -3.10. The van der Waals surface area contributed by atoms with Crippen molar-refractivity contribution >= 4 is 23.8 Å². The molecule has 9 heteroatoms. The van der Waals surface area contributed by atoms with Gasteiger partial charge in [-0.15, -0.1) is 0 Å². The fourth-order valence-electron chi connectivity index (χ4n) is 2.85. The van der Waals surface area contributed by atoms with Crippen molar-refractivity contribution in [3.05, 3.63) is 35.9 Å². The summed E-state index contributed by atoms with van der Waals surface area (Å²) in [6, 6.07) is 9.38. The Bertz CT molecular complexity index is 775. The summed E-state index contributed by atoms with van der Waals surface area (Å²) in [6.45, 7) is 6.72. The van der Waals surface area contributed by atoms with E-state index < -0.39 is 29.0 Å². The fraction of sp³-hybridized carbons (Fsp3) is 0.500. The Morgan fingerprint density at radius 3 is 2.41 bits per heavy atom. The van der Waals surface area contributed by atoms with Gasteiger partial charge in [-0.1, -0.05) is 30.3 Å². The molecule has 1 aromatic rings. The van der Waals surface area contributed by atoms with Gasteiger partial charge in [-0.05, 0) is 39.7 Å². The van der Waals surface area contributed by atoms with Gasteiger partial charge in [0, 0.05) is 13.0 Å². The predicted molar refractivity (Wildman–Crippen MR) is 105 cm³/mol. The van der Waals surface area contributed by atoms with E-state index in [4.69, 9.17) is 4.74 Å². The maximum atomic E-state index is 12.7. The average Bonchev–Trinajstić information content (AvgIpc) is 2.93. The summed E-state index contributed by atoms with van der Waals surface area (Å²) >= 11 is 0. The number of carbonyl (C=O) groups excluding carboxylic acids is 4. The molecule has 0 aliphatic carbocycles. The zero-order valence-electron chi connectivity index (χ0n) is 17.2. The number of benzene rings is 1. The number of hydrogen-bond acceptors (Lipinski definition) is 5. The van der Waals surface area contributed by atoms with Crippen molar-refractivity contribution in [2.45, 2.75) is 58.2 Å². The summed E-state index contributed by atoms with van der Waals surface area (Å²) in [5.41, 5.74) is 1.23. The van der Waals surface area contributed by atoms with Gasteiger partial charge in [-0.2, -0.15) is 0 Å². The van der Waals surface area contributed by atoms with Gasteiger partial charge in [0.1, 0.15) is 11.1 Å². The standard InChI is InChI=1S/C20H28N4O5/c1-19(2,3)29-18(28)23-24-16(26)10-11-20(24,4)17(27)22-13-15(25)21-12-14-8-6-5-7-9-14/h5-9H,10-13H2,1-4H3,(H,21,25)(H,22,27)(H,23,28). The molecule has 9 nitrogen and oxygen atoms in total. The number of amides is 4. The third-order valence-electron chi connectivity index (χ3n) is 4.40. The van der Waals surface area contributed by atoms with E-state index in [1.54, 1.807) is 20.8 Å².